The lowest BCUT2D eigenvalue weighted by Crippen LogP contribution is -2.17. The second kappa shape index (κ2) is 5.38. The van der Waals surface area contributed by atoms with Crippen molar-refractivity contribution in [1.29, 1.82) is 0 Å². The van der Waals surface area contributed by atoms with Crippen molar-refractivity contribution in [1.82, 2.24) is 0 Å². The van der Waals surface area contributed by atoms with Gasteiger partial charge in [-0.05, 0) is 6.92 Å². The number of esters is 1. The van der Waals surface area contributed by atoms with E-state index in [-0.39, 0.29) is 6.61 Å². The molecule has 11 heavy (non-hydrogen) atoms. The third kappa shape index (κ3) is 4.06. The van der Waals surface area contributed by atoms with E-state index in [1.54, 1.807) is 0 Å². The van der Waals surface area contributed by atoms with Crippen LogP contribution in [0.25, 0.3) is 0 Å². The minimum absolute atomic E-state index is 0.136. The van der Waals surface area contributed by atoms with Crippen molar-refractivity contribution in [2.75, 3.05) is 6.61 Å². The van der Waals surface area contributed by atoms with E-state index in [0.29, 0.717) is 0 Å². The Morgan fingerprint density at radius 2 is 2.55 bits per heavy atom. The van der Waals surface area contributed by atoms with Crippen molar-refractivity contribution in [2.24, 2.45) is 4.99 Å². The van der Waals surface area contributed by atoms with Crippen molar-refractivity contribution >= 4 is 12.0 Å². The molecule has 0 amide bonds. The summed E-state index contributed by atoms with van der Waals surface area (Å²) >= 11 is 0. The minimum Gasteiger partial charge on any atom is -0.460 e. The normalized spacial score (nSPS) is 11.0. The quantitative estimate of drug-likeness (QED) is 0.256. The van der Waals surface area contributed by atoms with Crippen LogP contribution in [-0.2, 0) is 14.3 Å². The van der Waals surface area contributed by atoms with Crippen molar-refractivity contribution in [3.05, 3.63) is 12.7 Å². The van der Waals surface area contributed by atoms with Gasteiger partial charge in [-0.25, -0.2) is 9.59 Å². The van der Waals surface area contributed by atoms with Crippen LogP contribution in [-0.4, -0.2) is 24.7 Å². The Morgan fingerprint density at radius 1 is 1.91 bits per heavy atom. The number of ether oxygens (including phenoxy) is 1. The summed E-state index contributed by atoms with van der Waals surface area (Å²) in [4.78, 5) is 23.6. The number of rotatable bonds is 4. The molecule has 0 fully saturated rings. The van der Waals surface area contributed by atoms with Gasteiger partial charge in [-0.2, -0.15) is 4.99 Å². The molecule has 4 heteroatoms. The summed E-state index contributed by atoms with van der Waals surface area (Å²) in [7, 11) is 0. The van der Waals surface area contributed by atoms with Gasteiger partial charge in [0.15, 0.2) is 6.04 Å². The molecule has 0 heterocycles. The van der Waals surface area contributed by atoms with Crippen LogP contribution in [0.3, 0.4) is 0 Å². The lowest BCUT2D eigenvalue weighted by atomic mass is 10.4. The molecular weight excluding hydrogens is 146 g/mol. The van der Waals surface area contributed by atoms with Gasteiger partial charge in [-0.1, -0.05) is 12.7 Å². The maximum atomic E-state index is 10.7. The zero-order valence-electron chi connectivity index (χ0n) is 6.24. The summed E-state index contributed by atoms with van der Waals surface area (Å²) in [6, 6.07) is -0.771. The highest BCUT2D eigenvalue weighted by Gasteiger charge is 2.11. The zero-order chi connectivity index (χ0) is 8.69. The van der Waals surface area contributed by atoms with E-state index in [4.69, 9.17) is 0 Å². The van der Waals surface area contributed by atoms with E-state index >= 15 is 0 Å². The van der Waals surface area contributed by atoms with Crippen LogP contribution in [0, 0.1) is 0 Å². The number of aliphatic imine (C=N–C) groups is 1. The third-order valence-electron chi connectivity index (χ3n) is 0.931. The van der Waals surface area contributed by atoms with E-state index in [0.717, 1.165) is 0 Å². The van der Waals surface area contributed by atoms with Crippen LogP contribution in [0.2, 0.25) is 0 Å². The number of hydrogen-bond acceptors (Lipinski definition) is 4. The van der Waals surface area contributed by atoms with Gasteiger partial charge in [0.2, 0.25) is 6.08 Å². The fourth-order valence-electron chi connectivity index (χ4n) is 0.393. The summed E-state index contributed by atoms with van der Waals surface area (Å²) in [5.41, 5.74) is 0. The SMILES string of the molecule is C=CCOC(=O)[C@@H](C)N=C=O. The highest BCUT2D eigenvalue weighted by atomic mass is 16.5. The number of carbonyl (C=O) groups excluding carboxylic acids is 2. The average Bonchev–Trinajstić information content (AvgIpc) is 2.00. The minimum atomic E-state index is -0.771. The van der Waals surface area contributed by atoms with Gasteiger partial charge in [0.25, 0.3) is 0 Å². The summed E-state index contributed by atoms with van der Waals surface area (Å²) in [6.45, 7) is 4.94. The monoisotopic (exact) mass is 155 g/mol. The van der Waals surface area contributed by atoms with E-state index in [1.807, 2.05) is 0 Å². The largest absolute Gasteiger partial charge is 0.460 e. The molecule has 0 aliphatic carbocycles. The molecule has 0 aromatic heterocycles. The second-order valence-electron chi connectivity index (χ2n) is 1.82. The van der Waals surface area contributed by atoms with Crippen LogP contribution >= 0.6 is 0 Å². The van der Waals surface area contributed by atoms with E-state index < -0.39 is 12.0 Å². The van der Waals surface area contributed by atoms with Crippen LogP contribution in [0.15, 0.2) is 17.6 Å². The smallest absolute Gasteiger partial charge is 0.331 e. The Hall–Kier alpha value is -1.41. The first-order chi connectivity index (χ1) is 5.22. The highest BCUT2D eigenvalue weighted by Crippen LogP contribution is 1.91. The van der Waals surface area contributed by atoms with Crippen LogP contribution in [0.5, 0.6) is 0 Å². The molecule has 0 aliphatic rings. The molecule has 0 spiro atoms. The van der Waals surface area contributed by atoms with E-state index in [9.17, 15) is 9.59 Å². The fraction of sp³-hybridized carbons (Fsp3) is 0.429. The summed E-state index contributed by atoms with van der Waals surface area (Å²) in [6.07, 6.45) is 2.71. The average molecular weight is 155 g/mol. The van der Waals surface area contributed by atoms with E-state index in [1.165, 1.54) is 19.1 Å². The Morgan fingerprint density at radius 3 is 3.00 bits per heavy atom. The molecule has 0 aromatic rings. The van der Waals surface area contributed by atoms with Gasteiger partial charge >= 0.3 is 5.97 Å². The number of isocyanates is 1. The van der Waals surface area contributed by atoms with Gasteiger partial charge in [0, 0.05) is 0 Å². The van der Waals surface area contributed by atoms with Crippen molar-refractivity contribution < 1.29 is 14.3 Å². The first kappa shape index (κ1) is 9.59. The van der Waals surface area contributed by atoms with Gasteiger partial charge in [-0.15, -0.1) is 0 Å². The first-order valence-corrected chi connectivity index (χ1v) is 3.07. The standard InChI is InChI=1S/C7H9NO3/c1-3-4-11-7(10)6(2)8-5-9/h3,6H,1,4H2,2H3/t6-/m1/s1. The molecule has 0 aliphatic heterocycles. The predicted octanol–water partition coefficient (Wildman–Crippen LogP) is 0.440. The number of nitrogens with zero attached hydrogens (tertiary/aromatic N) is 1. The molecule has 0 aromatic carbocycles. The number of hydrogen-bond donors (Lipinski definition) is 0. The third-order valence-corrected chi connectivity index (χ3v) is 0.931. The molecule has 1 atom stereocenters. The topological polar surface area (TPSA) is 55.7 Å². The Balaban J connectivity index is 3.81. The van der Waals surface area contributed by atoms with Crippen LogP contribution in [0.1, 0.15) is 6.92 Å². The lowest BCUT2D eigenvalue weighted by molar-refractivity contribution is -0.143. The molecule has 0 N–H and O–H groups in total. The van der Waals surface area contributed by atoms with Crippen molar-refractivity contribution in [3.63, 3.8) is 0 Å². The van der Waals surface area contributed by atoms with Crippen molar-refractivity contribution in [3.8, 4) is 0 Å². The lowest BCUT2D eigenvalue weighted by Gasteiger charge is -2.02. The predicted molar refractivity (Wildman–Crippen MR) is 38.7 cm³/mol. The molecule has 4 nitrogen and oxygen atoms in total. The molecule has 0 rings (SSSR count). The zero-order valence-corrected chi connectivity index (χ0v) is 6.24. The Kier molecular flexibility index (Phi) is 4.69. The van der Waals surface area contributed by atoms with E-state index in [2.05, 4.69) is 16.3 Å². The Bertz CT molecular complexity index is 194. The molecule has 0 saturated carbocycles. The molecular formula is C7H9NO3. The van der Waals surface area contributed by atoms with Crippen molar-refractivity contribution in [2.45, 2.75) is 13.0 Å². The van der Waals surface area contributed by atoms with Gasteiger partial charge in [0.1, 0.15) is 6.61 Å². The fourth-order valence-corrected chi connectivity index (χ4v) is 0.393. The molecule has 0 radical (unpaired) electrons. The maximum absolute atomic E-state index is 10.7. The summed E-state index contributed by atoms with van der Waals surface area (Å²) in [5.74, 6) is -0.548. The molecule has 0 unspecified atom stereocenters. The number of carbonyl (C=O) groups is 1. The molecule has 60 valence electrons. The van der Waals surface area contributed by atoms with Gasteiger partial charge in [0.05, 0.1) is 0 Å². The first-order valence-electron chi connectivity index (χ1n) is 3.07. The molecule has 0 saturated heterocycles. The summed E-state index contributed by atoms with van der Waals surface area (Å²) in [5, 5.41) is 0. The summed E-state index contributed by atoms with van der Waals surface area (Å²) < 4.78 is 4.58. The highest BCUT2D eigenvalue weighted by molar-refractivity contribution is 5.76. The molecule has 0 bridgehead atoms. The second-order valence-corrected chi connectivity index (χ2v) is 1.82. The van der Waals surface area contributed by atoms with Gasteiger partial charge < -0.3 is 4.74 Å². The maximum Gasteiger partial charge on any atom is 0.331 e. The van der Waals surface area contributed by atoms with Gasteiger partial charge in [-0.3, -0.25) is 0 Å². The van der Waals surface area contributed by atoms with Crippen LogP contribution in [0.4, 0.5) is 0 Å². The van der Waals surface area contributed by atoms with Crippen LogP contribution < -0.4 is 0 Å². The Labute approximate surface area is 64.6 Å².